The van der Waals surface area contributed by atoms with Gasteiger partial charge in [0.1, 0.15) is 0 Å². The predicted molar refractivity (Wildman–Crippen MR) is 328 cm³/mol. The van der Waals surface area contributed by atoms with Crippen molar-refractivity contribution in [2.75, 3.05) is 38.0 Å². The number of aryl methyl sites for hydroxylation is 2. The minimum Gasteiger partial charge on any atom is -0.454 e. The first-order valence-corrected chi connectivity index (χ1v) is 27.6. The maximum atomic E-state index is 12.2. The number of alkyl halides is 3. The topological polar surface area (TPSA) is 213 Å². The zero-order valence-corrected chi connectivity index (χ0v) is 47.9. The molecule has 11 rings (SSSR count). The summed E-state index contributed by atoms with van der Waals surface area (Å²) in [5.74, 6) is 1.60. The highest BCUT2D eigenvalue weighted by Crippen LogP contribution is 2.34. The maximum Gasteiger partial charge on any atom is 0.416 e. The molecule has 14 heteroatoms. The third kappa shape index (κ3) is 21.7. The van der Waals surface area contributed by atoms with Gasteiger partial charge < -0.3 is 59.2 Å². The monoisotopic (exact) mass is 1110 g/mol. The van der Waals surface area contributed by atoms with E-state index in [1.165, 1.54) is 61.5 Å². The quantitative estimate of drug-likeness (QED) is 0.0797. The minimum absolute atomic E-state index is 0.0412. The predicted octanol–water partition coefficient (Wildman–Crippen LogP) is 13.4. The van der Waals surface area contributed by atoms with E-state index in [2.05, 4.69) is 115 Å². The van der Waals surface area contributed by atoms with E-state index in [0.717, 1.165) is 68.3 Å². The highest BCUT2D eigenvalue weighted by Gasteiger charge is 2.30. The summed E-state index contributed by atoms with van der Waals surface area (Å²) in [6.45, 7) is 16.2. The highest BCUT2D eigenvalue weighted by atomic mass is 19.4. The van der Waals surface area contributed by atoms with E-state index in [-0.39, 0.29) is 30.2 Å². The van der Waals surface area contributed by atoms with E-state index in [1.807, 2.05) is 88.4 Å². The van der Waals surface area contributed by atoms with Gasteiger partial charge in [-0.1, -0.05) is 151 Å². The summed E-state index contributed by atoms with van der Waals surface area (Å²) in [4.78, 5) is 2.34. The van der Waals surface area contributed by atoms with E-state index in [9.17, 15) is 13.2 Å². The second-order valence-corrected chi connectivity index (χ2v) is 20.4. The largest absolute Gasteiger partial charge is 0.454 e. The molecule has 0 spiro atoms. The lowest BCUT2D eigenvalue weighted by Crippen LogP contribution is -2.36. The number of nitrogens with zero attached hydrogens (tertiary/aromatic N) is 1. The third-order valence-electron chi connectivity index (χ3n) is 13.6. The molecule has 1 saturated heterocycles. The van der Waals surface area contributed by atoms with Crippen LogP contribution in [0, 0.1) is 6.92 Å². The lowest BCUT2D eigenvalue weighted by molar-refractivity contribution is -0.137. The second-order valence-electron chi connectivity index (χ2n) is 20.4. The summed E-state index contributed by atoms with van der Waals surface area (Å²) in [6.07, 6.45) is -2.00. The van der Waals surface area contributed by atoms with E-state index in [4.69, 9.17) is 54.3 Å². The Morgan fingerprint density at radius 1 is 0.519 bits per heavy atom. The Balaban J connectivity index is 0.000000175. The molecule has 6 unspecified atom stereocenters. The van der Waals surface area contributed by atoms with Gasteiger partial charge in [-0.15, -0.1) is 0 Å². The lowest BCUT2D eigenvalue weighted by Gasteiger charge is -2.29. The molecule has 8 aromatic rings. The van der Waals surface area contributed by atoms with Crippen LogP contribution in [0.5, 0.6) is 11.5 Å². The number of rotatable bonds is 7. The second kappa shape index (κ2) is 33.0. The fraction of sp³-hybridized carbons (Fsp3) is 0.313. The first-order valence-electron chi connectivity index (χ1n) is 27.6. The Morgan fingerprint density at radius 3 is 1.59 bits per heavy atom. The van der Waals surface area contributed by atoms with Crippen molar-refractivity contribution in [1.82, 2.24) is 0 Å². The Labute approximate surface area is 478 Å². The van der Waals surface area contributed by atoms with Crippen LogP contribution in [-0.4, -0.2) is 33.1 Å². The van der Waals surface area contributed by atoms with Gasteiger partial charge in [0.25, 0.3) is 0 Å². The molecule has 6 atom stereocenters. The number of morpholine rings is 1. The molecular formula is C67H85F3N8O3. The number of hydrogen-bond acceptors (Lipinski definition) is 11. The summed E-state index contributed by atoms with van der Waals surface area (Å²) in [5.41, 5.74) is 50.7. The highest BCUT2D eigenvalue weighted by molar-refractivity contribution is 5.83. The number of ether oxygens (including phenoxy) is 3. The van der Waals surface area contributed by atoms with Gasteiger partial charge in [0, 0.05) is 61.6 Å². The lowest BCUT2D eigenvalue weighted by atomic mass is 10.0. The van der Waals surface area contributed by atoms with Crippen LogP contribution in [0.4, 0.5) is 18.9 Å². The number of anilines is 1. The number of nitrogens with two attached hydrogens (primary N) is 7. The fourth-order valence-corrected chi connectivity index (χ4v) is 8.57. The number of hydrogen-bond donors (Lipinski definition) is 7. The average molecular weight is 1110 g/mol. The van der Waals surface area contributed by atoms with Gasteiger partial charge in [-0.05, 0) is 152 Å². The van der Waals surface area contributed by atoms with Crippen molar-refractivity contribution in [2.45, 2.75) is 103 Å². The van der Waals surface area contributed by atoms with E-state index in [0.29, 0.717) is 24.9 Å². The molecule has 2 heterocycles. The van der Waals surface area contributed by atoms with Crippen LogP contribution in [0.2, 0.25) is 0 Å². The van der Waals surface area contributed by atoms with Gasteiger partial charge in [-0.2, -0.15) is 13.2 Å². The standard InChI is InChI=1S/C12H18N2O.C12H13N.C9H10F3N.C9H11NO2.C9H11N.C9H13N.C7H9N/c1-10(13)11-2-4-12(5-3-11)14-6-8-15-9-7-14;1-9(13)11-7-6-10-4-2-3-5-12(10)8-11;1-6(13)7-3-2-4-8(5-7)9(10,11)12;1-6(10)7-2-3-8-9(4-7)12-5-11-8;10-9-6-5-7-3-1-2-4-8(7)9;1-7-3-5-9(6-4-7)8(2)10;8-6-7-4-2-1-3-5-7/h2-5,10H,6-9,13H2,1H3;2-9H,13H2,1H3;2-6H,13H2,1H3;2-4,6H,5,10H2,1H3;1-4,9H,5-6,10H2;3-6,8H,10H2,1-2H3;1-5H,6,8H2. The molecule has 0 aromatic heterocycles. The number of benzene rings is 8. The summed E-state index contributed by atoms with van der Waals surface area (Å²) < 4.78 is 52.3. The molecule has 432 valence electrons. The first kappa shape index (κ1) is 64.7. The summed E-state index contributed by atoms with van der Waals surface area (Å²) in [5, 5.41) is 2.53. The molecule has 81 heavy (non-hydrogen) atoms. The van der Waals surface area contributed by atoms with Crippen LogP contribution in [0.1, 0.15) is 133 Å². The maximum absolute atomic E-state index is 12.2. The summed E-state index contributed by atoms with van der Waals surface area (Å²) in [7, 11) is 0. The SMILES string of the molecule is CC(N)c1ccc(N2CCOCC2)cc1.CC(N)c1ccc2c(c1)OCO2.CC(N)c1ccc2ccccc2c1.CC(N)c1cccc(C(F)(F)F)c1.Cc1ccc(C(C)N)cc1.NC1CCc2ccccc21.NCc1ccccc1. The van der Waals surface area contributed by atoms with Crippen LogP contribution in [0.15, 0.2) is 188 Å². The van der Waals surface area contributed by atoms with Gasteiger partial charge >= 0.3 is 6.18 Å². The molecule has 3 aliphatic rings. The number of fused-ring (bicyclic) bond motifs is 3. The molecule has 11 nitrogen and oxygen atoms in total. The molecule has 1 aliphatic carbocycles. The van der Waals surface area contributed by atoms with Crippen LogP contribution >= 0.6 is 0 Å². The molecule has 0 saturated carbocycles. The molecular weight excluding hydrogens is 1020 g/mol. The van der Waals surface area contributed by atoms with Gasteiger partial charge in [0.15, 0.2) is 11.5 Å². The van der Waals surface area contributed by atoms with Crippen molar-refractivity contribution in [1.29, 1.82) is 0 Å². The Bertz CT molecular complexity index is 3060. The molecule has 8 aromatic carbocycles. The van der Waals surface area contributed by atoms with Crippen molar-refractivity contribution in [3.8, 4) is 11.5 Å². The van der Waals surface area contributed by atoms with Crippen LogP contribution in [-0.2, 0) is 23.9 Å². The zero-order valence-electron chi connectivity index (χ0n) is 47.9. The van der Waals surface area contributed by atoms with E-state index >= 15 is 0 Å². The molecule has 0 bridgehead atoms. The molecule has 0 amide bonds. The summed E-state index contributed by atoms with van der Waals surface area (Å²) in [6, 6.07) is 61.1. The molecule has 14 N–H and O–H groups in total. The van der Waals surface area contributed by atoms with Crippen LogP contribution in [0.3, 0.4) is 0 Å². The first-order chi connectivity index (χ1) is 38.7. The Morgan fingerprint density at radius 2 is 1.02 bits per heavy atom. The Kier molecular flexibility index (Phi) is 26.3. The normalized spacial score (nSPS) is 15.6. The smallest absolute Gasteiger partial charge is 0.416 e. The van der Waals surface area contributed by atoms with E-state index < -0.39 is 11.7 Å². The van der Waals surface area contributed by atoms with Gasteiger partial charge in [-0.25, -0.2) is 0 Å². The number of halogens is 3. The zero-order chi connectivity index (χ0) is 58.9. The molecule has 2 aliphatic heterocycles. The third-order valence-corrected chi connectivity index (χ3v) is 13.6. The van der Waals surface area contributed by atoms with Crippen LogP contribution < -0.4 is 54.5 Å². The van der Waals surface area contributed by atoms with Crippen molar-refractivity contribution in [2.24, 2.45) is 40.1 Å². The van der Waals surface area contributed by atoms with Crippen molar-refractivity contribution in [3.05, 3.63) is 244 Å². The molecule has 0 radical (unpaired) electrons. The van der Waals surface area contributed by atoms with Gasteiger partial charge in [0.05, 0.1) is 18.8 Å². The minimum atomic E-state index is -4.29. The van der Waals surface area contributed by atoms with Crippen molar-refractivity contribution >= 4 is 16.5 Å². The summed E-state index contributed by atoms with van der Waals surface area (Å²) >= 11 is 0. The van der Waals surface area contributed by atoms with Crippen LogP contribution in [0.25, 0.3) is 10.8 Å². The van der Waals surface area contributed by atoms with Gasteiger partial charge in [0.2, 0.25) is 6.79 Å². The fourth-order valence-electron chi connectivity index (χ4n) is 8.57. The molecule has 1 fully saturated rings. The van der Waals surface area contributed by atoms with Crippen molar-refractivity contribution in [3.63, 3.8) is 0 Å². The Hall–Kier alpha value is -7.11. The van der Waals surface area contributed by atoms with E-state index in [1.54, 1.807) is 13.0 Å². The van der Waals surface area contributed by atoms with Crippen molar-refractivity contribution < 1.29 is 27.4 Å². The average Bonchev–Trinajstić information content (AvgIpc) is 4.21. The van der Waals surface area contributed by atoms with Gasteiger partial charge in [-0.3, -0.25) is 0 Å².